The van der Waals surface area contributed by atoms with Gasteiger partial charge in [0.1, 0.15) is 12.4 Å². The molecule has 0 atom stereocenters. The average Bonchev–Trinajstić information content (AvgIpc) is 2.17. The highest BCUT2D eigenvalue weighted by Crippen LogP contribution is 2.02. The quantitative estimate of drug-likeness (QED) is 0.678. The third kappa shape index (κ3) is 1.88. The summed E-state index contributed by atoms with van der Waals surface area (Å²) in [4.78, 5) is 15.4. The van der Waals surface area contributed by atoms with Gasteiger partial charge in [-0.3, -0.25) is 9.63 Å². The number of aromatic nitrogens is 1. The Morgan fingerprint density at radius 3 is 2.58 bits per heavy atom. The maximum atomic E-state index is 11.1. The molecule has 1 aromatic heterocycles. The summed E-state index contributed by atoms with van der Waals surface area (Å²) in [5.41, 5.74) is 0.267. The smallest absolute Gasteiger partial charge is 0.288 e. The van der Waals surface area contributed by atoms with E-state index in [-0.39, 0.29) is 24.6 Å². The van der Waals surface area contributed by atoms with E-state index in [1.54, 1.807) is 6.92 Å². The number of aryl methyl sites for hydroxylation is 2. The Balaban J connectivity index is 0.00000121. The maximum Gasteiger partial charge on any atom is 0.288 e. The summed E-state index contributed by atoms with van der Waals surface area (Å²) in [6.07, 6.45) is 0. The predicted octanol–water partition coefficient (Wildman–Crippen LogP) is 0.0988. The monoisotopic (exact) mass is 194 g/mol. The average molecular weight is 195 g/mol. The number of rotatable bonds is 2. The Kier molecular flexibility index (Phi) is 4.02. The lowest BCUT2D eigenvalue weighted by Crippen LogP contribution is -2.16. The number of hydrogen-bond donors (Lipinski definition) is 1. The molecule has 0 bridgehead atoms. The molecule has 0 saturated heterocycles. The van der Waals surface area contributed by atoms with Crippen molar-refractivity contribution in [2.24, 2.45) is 12.9 Å². The van der Waals surface area contributed by atoms with E-state index in [1.807, 2.05) is 0 Å². The minimum atomic E-state index is -0.201. The van der Waals surface area contributed by atoms with Crippen molar-refractivity contribution in [2.45, 2.75) is 13.5 Å². The van der Waals surface area contributed by atoms with Crippen molar-refractivity contribution >= 4 is 12.4 Å². The Labute approximate surface area is 75.4 Å². The molecule has 2 N–H and O–H groups in total. The predicted molar refractivity (Wildman–Crippen MR) is 44.9 cm³/mol. The van der Waals surface area contributed by atoms with Gasteiger partial charge < -0.3 is 4.52 Å². The molecule has 1 heterocycles. The molecule has 1 rings (SSSR count). The lowest BCUT2D eigenvalue weighted by molar-refractivity contribution is 0.122. The summed E-state index contributed by atoms with van der Waals surface area (Å²) >= 11 is 0. The van der Waals surface area contributed by atoms with E-state index in [1.165, 1.54) is 7.05 Å². The van der Waals surface area contributed by atoms with Gasteiger partial charge in [0, 0.05) is 7.05 Å². The van der Waals surface area contributed by atoms with Crippen LogP contribution in [0, 0.1) is 6.92 Å². The van der Waals surface area contributed by atoms with Crippen LogP contribution in [0.3, 0.4) is 0 Å². The molecule has 0 saturated carbocycles. The molecule has 0 aromatic carbocycles. The molecule has 1 aromatic rings. The molecule has 0 amide bonds. The zero-order valence-electron chi connectivity index (χ0n) is 6.86. The van der Waals surface area contributed by atoms with E-state index in [0.717, 1.165) is 4.74 Å². The minimum absolute atomic E-state index is 0. The van der Waals surface area contributed by atoms with E-state index in [2.05, 4.69) is 4.84 Å². The highest BCUT2D eigenvalue weighted by atomic mass is 35.5. The van der Waals surface area contributed by atoms with Crippen LogP contribution in [0.4, 0.5) is 0 Å². The SMILES string of the molecule is Cc1on(C)c(=O)c1CON.Cl. The first kappa shape index (κ1) is 11.2. The molecule has 12 heavy (non-hydrogen) atoms. The van der Waals surface area contributed by atoms with Gasteiger partial charge in [0.15, 0.2) is 0 Å². The lowest BCUT2D eigenvalue weighted by Gasteiger charge is -1.89. The summed E-state index contributed by atoms with van der Waals surface area (Å²) in [6.45, 7) is 1.78. The molecule has 0 radical (unpaired) electrons. The first-order valence-corrected chi connectivity index (χ1v) is 3.14. The third-order valence-electron chi connectivity index (χ3n) is 1.47. The number of nitrogens with zero attached hydrogens (tertiary/aromatic N) is 1. The van der Waals surface area contributed by atoms with Crippen LogP contribution in [0.2, 0.25) is 0 Å². The molecule has 0 spiro atoms. The molecule has 0 fully saturated rings. The second kappa shape index (κ2) is 4.30. The summed E-state index contributed by atoms with van der Waals surface area (Å²) in [6, 6.07) is 0. The summed E-state index contributed by atoms with van der Waals surface area (Å²) < 4.78 is 6.11. The number of hydrogen-bond acceptors (Lipinski definition) is 4. The molecule has 0 aliphatic carbocycles. The Hall–Kier alpha value is -0.780. The standard InChI is InChI=1S/C6H10N2O3.ClH/c1-4-5(3-10-7)6(9)8(2)11-4;/h3,7H2,1-2H3;1H. The fourth-order valence-corrected chi connectivity index (χ4v) is 0.889. The largest absolute Gasteiger partial charge is 0.381 e. The Bertz CT molecular complexity index is 304. The van der Waals surface area contributed by atoms with Crippen LogP contribution >= 0.6 is 12.4 Å². The van der Waals surface area contributed by atoms with E-state index in [0.29, 0.717) is 11.3 Å². The van der Waals surface area contributed by atoms with Crippen molar-refractivity contribution in [1.82, 2.24) is 4.74 Å². The zero-order valence-corrected chi connectivity index (χ0v) is 7.68. The van der Waals surface area contributed by atoms with Crippen LogP contribution in [-0.4, -0.2) is 4.74 Å². The zero-order chi connectivity index (χ0) is 8.43. The fraction of sp³-hybridized carbons (Fsp3) is 0.500. The van der Waals surface area contributed by atoms with Crippen molar-refractivity contribution < 1.29 is 9.36 Å². The van der Waals surface area contributed by atoms with Gasteiger partial charge in [-0.1, -0.05) is 0 Å². The van der Waals surface area contributed by atoms with Crippen LogP contribution in [0.25, 0.3) is 0 Å². The molecular weight excluding hydrogens is 184 g/mol. The second-order valence-corrected chi connectivity index (χ2v) is 2.24. The van der Waals surface area contributed by atoms with Gasteiger partial charge in [-0.2, -0.15) is 4.74 Å². The van der Waals surface area contributed by atoms with Gasteiger partial charge in [0.25, 0.3) is 5.56 Å². The highest BCUT2D eigenvalue weighted by molar-refractivity contribution is 5.85. The van der Waals surface area contributed by atoms with Crippen LogP contribution in [-0.2, 0) is 18.5 Å². The van der Waals surface area contributed by atoms with E-state index in [9.17, 15) is 4.79 Å². The van der Waals surface area contributed by atoms with E-state index >= 15 is 0 Å². The molecule has 0 aliphatic rings. The Morgan fingerprint density at radius 1 is 1.67 bits per heavy atom. The van der Waals surface area contributed by atoms with Crippen LogP contribution in [0.1, 0.15) is 11.3 Å². The minimum Gasteiger partial charge on any atom is -0.381 e. The van der Waals surface area contributed by atoms with Crippen molar-refractivity contribution in [2.75, 3.05) is 0 Å². The molecule has 70 valence electrons. The number of nitrogens with two attached hydrogens (primary N) is 1. The molecule has 0 aliphatic heterocycles. The molecule has 5 nitrogen and oxygen atoms in total. The van der Waals surface area contributed by atoms with Gasteiger partial charge in [-0.15, -0.1) is 12.4 Å². The van der Waals surface area contributed by atoms with Gasteiger partial charge in [0.05, 0.1) is 5.56 Å². The second-order valence-electron chi connectivity index (χ2n) is 2.24. The van der Waals surface area contributed by atoms with Gasteiger partial charge in [-0.05, 0) is 6.92 Å². The van der Waals surface area contributed by atoms with Crippen LogP contribution in [0.5, 0.6) is 0 Å². The molecule has 6 heteroatoms. The topological polar surface area (TPSA) is 70.4 Å². The summed E-state index contributed by atoms with van der Waals surface area (Å²) in [5.74, 6) is 5.36. The molecule has 0 unspecified atom stereocenters. The van der Waals surface area contributed by atoms with Gasteiger partial charge in [-0.25, -0.2) is 5.90 Å². The fourth-order valence-electron chi connectivity index (χ4n) is 0.889. The van der Waals surface area contributed by atoms with Crippen LogP contribution in [0.15, 0.2) is 9.32 Å². The van der Waals surface area contributed by atoms with Crippen molar-refractivity contribution in [3.8, 4) is 0 Å². The van der Waals surface area contributed by atoms with Crippen LogP contribution < -0.4 is 11.5 Å². The van der Waals surface area contributed by atoms with Crippen molar-refractivity contribution in [1.29, 1.82) is 0 Å². The Morgan fingerprint density at radius 2 is 2.25 bits per heavy atom. The van der Waals surface area contributed by atoms with E-state index in [4.69, 9.17) is 10.4 Å². The van der Waals surface area contributed by atoms with Gasteiger partial charge in [0.2, 0.25) is 0 Å². The lowest BCUT2D eigenvalue weighted by atomic mass is 10.3. The van der Waals surface area contributed by atoms with Crippen molar-refractivity contribution in [3.63, 3.8) is 0 Å². The van der Waals surface area contributed by atoms with Crippen molar-refractivity contribution in [3.05, 3.63) is 21.7 Å². The number of halogens is 1. The molecular formula is C6H11ClN2O3. The first-order chi connectivity index (χ1) is 5.16. The summed E-state index contributed by atoms with van der Waals surface area (Å²) in [7, 11) is 1.54. The summed E-state index contributed by atoms with van der Waals surface area (Å²) in [5, 5.41) is 0. The van der Waals surface area contributed by atoms with E-state index < -0.39 is 0 Å². The normalized spacial score (nSPS) is 9.58. The maximum absolute atomic E-state index is 11.1. The first-order valence-electron chi connectivity index (χ1n) is 3.14. The third-order valence-corrected chi connectivity index (χ3v) is 1.47. The highest BCUT2D eigenvalue weighted by Gasteiger charge is 2.10. The van der Waals surface area contributed by atoms with Gasteiger partial charge >= 0.3 is 0 Å².